The van der Waals surface area contributed by atoms with Crippen LogP contribution in [0, 0.1) is 5.92 Å². The first-order chi connectivity index (χ1) is 6.62. The van der Waals surface area contributed by atoms with Crippen molar-refractivity contribution in [3.63, 3.8) is 0 Å². The van der Waals surface area contributed by atoms with Crippen LogP contribution in [0.15, 0.2) is 35.2 Å². The molecule has 1 aliphatic carbocycles. The second-order valence-electron chi connectivity index (χ2n) is 3.95. The number of rotatable bonds is 2. The molecule has 0 N–H and O–H groups in total. The van der Waals surface area contributed by atoms with E-state index in [0.717, 1.165) is 12.8 Å². The predicted octanol–water partition coefficient (Wildman–Crippen LogP) is 2.26. The van der Waals surface area contributed by atoms with Crippen molar-refractivity contribution >= 4 is 9.84 Å². The van der Waals surface area contributed by atoms with Crippen molar-refractivity contribution < 1.29 is 8.42 Å². The zero-order valence-corrected chi connectivity index (χ0v) is 9.00. The van der Waals surface area contributed by atoms with Gasteiger partial charge in [0.15, 0.2) is 9.84 Å². The molecule has 0 aliphatic heterocycles. The highest BCUT2D eigenvalue weighted by Gasteiger charge is 2.38. The van der Waals surface area contributed by atoms with E-state index in [1.807, 2.05) is 13.0 Å². The van der Waals surface area contributed by atoms with Crippen molar-refractivity contribution in [2.75, 3.05) is 0 Å². The standard InChI is InChI=1S/C11H14O2S/c1-9-7-8-11(9)14(12,13)10-5-3-2-4-6-10/h2-6,9,11H,7-8H2,1H3. The van der Waals surface area contributed by atoms with Gasteiger partial charge in [-0.15, -0.1) is 0 Å². The molecule has 2 unspecified atom stereocenters. The maximum atomic E-state index is 12.0. The first-order valence-corrected chi connectivity index (χ1v) is 6.46. The van der Waals surface area contributed by atoms with Gasteiger partial charge in [-0.05, 0) is 30.9 Å². The van der Waals surface area contributed by atoms with Gasteiger partial charge >= 0.3 is 0 Å². The highest BCUT2D eigenvalue weighted by Crippen LogP contribution is 2.36. The molecule has 0 spiro atoms. The molecule has 1 aromatic carbocycles. The molecule has 76 valence electrons. The molecule has 3 heteroatoms. The van der Waals surface area contributed by atoms with Crippen LogP contribution in [-0.2, 0) is 9.84 Å². The van der Waals surface area contributed by atoms with Crippen LogP contribution in [0.4, 0.5) is 0 Å². The third-order valence-corrected chi connectivity index (χ3v) is 5.44. The zero-order valence-electron chi connectivity index (χ0n) is 8.18. The summed E-state index contributed by atoms with van der Waals surface area (Å²) in [5.74, 6) is 0.320. The van der Waals surface area contributed by atoms with E-state index in [1.165, 1.54) is 0 Å². The molecule has 0 aromatic heterocycles. The van der Waals surface area contributed by atoms with Crippen molar-refractivity contribution in [2.24, 2.45) is 5.92 Å². The Morgan fingerprint density at radius 1 is 1.14 bits per heavy atom. The molecule has 0 amide bonds. The average Bonchev–Trinajstić information content (AvgIpc) is 2.16. The quantitative estimate of drug-likeness (QED) is 0.750. The van der Waals surface area contributed by atoms with E-state index in [-0.39, 0.29) is 5.25 Å². The molecule has 2 rings (SSSR count). The molecule has 2 nitrogen and oxygen atoms in total. The van der Waals surface area contributed by atoms with Gasteiger partial charge < -0.3 is 0 Å². The summed E-state index contributed by atoms with van der Waals surface area (Å²) in [6.07, 6.45) is 1.86. The van der Waals surface area contributed by atoms with Gasteiger partial charge in [0.25, 0.3) is 0 Å². The molecule has 0 bridgehead atoms. The van der Waals surface area contributed by atoms with Gasteiger partial charge in [0.2, 0.25) is 0 Å². The fourth-order valence-electron chi connectivity index (χ4n) is 1.88. The Balaban J connectivity index is 2.34. The van der Waals surface area contributed by atoms with Gasteiger partial charge in [-0.1, -0.05) is 25.1 Å². The minimum Gasteiger partial charge on any atom is -0.223 e. The summed E-state index contributed by atoms with van der Waals surface area (Å²) in [6, 6.07) is 8.75. The van der Waals surface area contributed by atoms with Crippen molar-refractivity contribution in [1.82, 2.24) is 0 Å². The predicted molar refractivity (Wildman–Crippen MR) is 55.8 cm³/mol. The fraction of sp³-hybridized carbons (Fsp3) is 0.455. The molecule has 0 radical (unpaired) electrons. The fourth-order valence-corrected chi connectivity index (χ4v) is 3.96. The summed E-state index contributed by atoms with van der Waals surface area (Å²) in [4.78, 5) is 0.469. The molecule has 0 heterocycles. The molecule has 1 aliphatic rings. The van der Waals surface area contributed by atoms with Crippen LogP contribution in [0.5, 0.6) is 0 Å². The Morgan fingerprint density at radius 2 is 1.79 bits per heavy atom. The van der Waals surface area contributed by atoms with Crippen LogP contribution >= 0.6 is 0 Å². The van der Waals surface area contributed by atoms with Gasteiger partial charge in [-0.3, -0.25) is 0 Å². The van der Waals surface area contributed by atoms with E-state index in [1.54, 1.807) is 24.3 Å². The summed E-state index contributed by atoms with van der Waals surface area (Å²) >= 11 is 0. The van der Waals surface area contributed by atoms with Gasteiger partial charge in [0, 0.05) is 0 Å². The van der Waals surface area contributed by atoms with E-state index < -0.39 is 9.84 Å². The summed E-state index contributed by atoms with van der Waals surface area (Å²) in [6.45, 7) is 2.01. The maximum absolute atomic E-state index is 12.0. The summed E-state index contributed by atoms with van der Waals surface area (Å²) < 4.78 is 24.0. The monoisotopic (exact) mass is 210 g/mol. The highest BCUT2D eigenvalue weighted by atomic mass is 32.2. The van der Waals surface area contributed by atoms with Crippen molar-refractivity contribution in [1.29, 1.82) is 0 Å². The number of hydrogen-bond acceptors (Lipinski definition) is 2. The minimum absolute atomic E-state index is 0.148. The smallest absolute Gasteiger partial charge is 0.181 e. The van der Waals surface area contributed by atoms with Crippen LogP contribution in [-0.4, -0.2) is 13.7 Å². The van der Waals surface area contributed by atoms with Crippen LogP contribution in [0.3, 0.4) is 0 Å². The van der Waals surface area contributed by atoms with E-state index in [2.05, 4.69) is 0 Å². The number of hydrogen-bond donors (Lipinski definition) is 0. The lowest BCUT2D eigenvalue weighted by atomic mass is 9.87. The normalized spacial score (nSPS) is 26.9. The third kappa shape index (κ3) is 1.46. The van der Waals surface area contributed by atoms with Gasteiger partial charge in [-0.2, -0.15) is 0 Å². The zero-order chi connectivity index (χ0) is 10.2. The summed E-state index contributed by atoms with van der Waals surface area (Å²) in [5.41, 5.74) is 0. The Kier molecular flexibility index (Phi) is 2.35. The first-order valence-electron chi connectivity index (χ1n) is 4.91. The molecular weight excluding hydrogens is 196 g/mol. The van der Waals surface area contributed by atoms with Crippen LogP contribution in [0.1, 0.15) is 19.8 Å². The Bertz CT molecular complexity index is 408. The van der Waals surface area contributed by atoms with E-state index in [0.29, 0.717) is 10.8 Å². The molecule has 1 aromatic rings. The molecule has 0 saturated heterocycles. The number of benzene rings is 1. The average molecular weight is 210 g/mol. The largest absolute Gasteiger partial charge is 0.223 e. The van der Waals surface area contributed by atoms with Gasteiger partial charge in [-0.25, -0.2) is 8.42 Å². The van der Waals surface area contributed by atoms with Crippen molar-refractivity contribution in [2.45, 2.75) is 29.9 Å². The molecule has 1 saturated carbocycles. The summed E-state index contributed by atoms with van der Waals surface area (Å²) in [7, 11) is -3.05. The lowest BCUT2D eigenvalue weighted by Gasteiger charge is -2.33. The van der Waals surface area contributed by atoms with Crippen LogP contribution in [0.25, 0.3) is 0 Å². The highest BCUT2D eigenvalue weighted by molar-refractivity contribution is 7.92. The SMILES string of the molecule is CC1CCC1S(=O)(=O)c1ccccc1. The molecular formula is C11H14O2S. The Labute approximate surface area is 84.9 Å². The molecule has 14 heavy (non-hydrogen) atoms. The lowest BCUT2D eigenvalue weighted by molar-refractivity contribution is 0.344. The van der Waals surface area contributed by atoms with Gasteiger partial charge in [0.05, 0.1) is 10.1 Å². The third-order valence-electron chi connectivity index (χ3n) is 3.01. The van der Waals surface area contributed by atoms with Crippen LogP contribution < -0.4 is 0 Å². The maximum Gasteiger partial charge on any atom is 0.181 e. The van der Waals surface area contributed by atoms with E-state index in [9.17, 15) is 8.42 Å². The topological polar surface area (TPSA) is 34.1 Å². The van der Waals surface area contributed by atoms with Gasteiger partial charge in [0.1, 0.15) is 0 Å². The van der Waals surface area contributed by atoms with E-state index >= 15 is 0 Å². The Hall–Kier alpha value is -0.830. The lowest BCUT2D eigenvalue weighted by Crippen LogP contribution is -2.36. The summed E-state index contributed by atoms with van der Waals surface area (Å²) in [5, 5.41) is -0.148. The second-order valence-corrected chi connectivity index (χ2v) is 6.12. The van der Waals surface area contributed by atoms with Crippen LogP contribution in [0.2, 0.25) is 0 Å². The second kappa shape index (κ2) is 3.39. The van der Waals surface area contributed by atoms with Crippen molar-refractivity contribution in [3.8, 4) is 0 Å². The Morgan fingerprint density at radius 3 is 2.21 bits per heavy atom. The first kappa shape index (κ1) is 9.71. The van der Waals surface area contributed by atoms with Crippen molar-refractivity contribution in [3.05, 3.63) is 30.3 Å². The molecule has 1 fully saturated rings. The van der Waals surface area contributed by atoms with E-state index in [4.69, 9.17) is 0 Å². The number of sulfone groups is 1. The minimum atomic E-state index is -3.05. The molecule has 2 atom stereocenters.